The van der Waals surface area contributed by atoms with Gasteiger partial charge < -0.3 is 19.7 Å². The van der Waals surface area contributed by atoms with E-state index in [1.165, 1.54) is 0 Å². The van der Waals surface area contributed by atoms with Gasteiger partial charge in [0, 0.05) is 36.4 Å². The van der Waals surface area contributed by atoms with Gasteiger partial charge in [-0.25, -0.2) is 4.68 Å². The fourth-order valence-electron chi connectivity index (χ4n) is 5.62. The van der Waals surface area contributed by atoms with Crippen LogP contribution in [0.4, 0.5) is 17.1 Å². The van der Waals surface area contributed by atoms with Crippen LogP contribution in [0, 0.1) is 12.8 Å². The summed E-state index contributed by atoms with van der Waals surface area (Å²) in [5, 5.41) is 8.15. The van der Waals surface area contributed by atoms with Gasteiger partial charge in [-0.05, 0) is 72.9 Å². The average molecular weight is 584 g/mol. The van der Waals surface area contributed by atoms with E-state index in [4.69, 9.17) is 16.3 Å². The third kappa shape index (κ3) is 5.08. The van der Waals surface area contributed by atoms with Gasteiger partial charge in [-0.2, -0.15) is 10.1 Å². The summed E-state index contributed by atoms with van der Waals surface area (Å²) in [5.74, 6) is 2.23. The third-order valence-electron chi connectivity index (χ3n) is 7.64. The first-order chi connectivity index (χ1) is 19.2. The van der Waals surface area contributed by atoms with Crippen molar-refractivity contribution in [1.82, 2.24) is 14.8 Å². The number of amides is 1. The van der Waals surface area contributed by atoms with Crippen molar-refractivity contribution in [3.63, 3.8) is 0 Å². The number of benzene rings is 1. The number of thiol groups is 1. The van der Waals surface area contributed by atoms with E-state index in [1.54, 1.807) is 23.0 Å². The number of hydrogen-bond acceptors (Lipinski definition) is 7. The lowest BCUT2D eigenvalue weighted by molar-refractivity contribution is 0.100. The molecule has 3 aliphatic rings. The van der Waals surface area contributed by atoms with Crippen LogP contribution in [0.15, 0.2) is 35.5 Å². The fourth-order valence-corrected chi connectivity index (χ4v) is 8.54. The van der Waals surface area contributed by atoms with E-state index in [9.17, 15) is 9.00 Å². The van der Waals surface area contributed by atoms with Gasteiger partial charge in [-0.3, -0.25) is 14.0 Å². The van der Waals surface area contributed by atoms with Crippen LogP contribution in [-0.2, 0) is 17.2 Å². The molecule has 1 unspecified atom stereocenters. The number of pyridine rings is 1. The maximum Gasteiger partial charge on any atom is 0.280 e. The largest absolute Gasteiger partial charge is 0.477 e. The molecule has 1 saturated heterocycles. The molecule has 2 bridgehead atoms. The maximum atomic E-state index is 13.6. The van der Waals surface area contributed by atoms with Gasteiger partial charge in [0.1, 0.15) is 0 Å². The number of fused-ring (bicyclic) bond motifs is 7. The summed E-state index contributed by atoms with van der Waals surface area (Å²) in [6.45, 7) is 5.12. The maximum absolute atomic E-state index is 13.6. The molecule has 3 aliphatic heterocycles. The lowest BCUT2D eigenvalue weighted by atomic mass is 10.1. The fraction of sp³-hybridized carbons (Fsp3) is 0.429. The Morgan fingerprint density at radius 3 is 2.80 bits per heavy atom. The molecule has 0 spiro atoms. The molecule has 2 aromatic heterocycles. The second kappa shape index (κ2) is 10.5. The number of nitrogens with one attached hydrogen (secondary N) is 2. The smallest absolute Gasteiger partial charge is 0.280 e. The molecule has 0 aliphatic carbocycles. The topological polar surface area (TPSA) is 114 Å². The molecule has 212 valence electrons. The number of aromatic nitrogens is 3. The number of carbonyl (C=O) groups excluding carboxylic acids is 1. The summed E-state index contributed by atoms with van der Waals surface area (Å²) >= 11 is 6.98. The van der Waals surface area contributed by atoms with Crippen molar-refractivity contribution in [3.05, 3.63) is 46.7 Å². The molecule has 3 aromatic rings. The molecule has 0 radical (unpaired) electrons. The summed E-state index contributed by atoms with van der Waals surface area (Å²) in [7, 11) is -0.667. The van der Waals surface area contributed by atoms with Gasteiger partial charge in [0.15, 0.2) is 0 Å². The van der Waals surface area contributed by atoms with Crippen LogP contribution >= 0.6 is 11.6 Å². The average Bonchev–Trinajstić information content (AvgIpc) is 3.60. The van der Waals surface area contributed by atoms with E-state index in [-0.39, 0.29) is 5.92 Å². The quantitative estimate of drug-likeness (QED) is 0.371. The zero-order valence-electron chi connectivity index (χ0n) is 22.9. The zero-order valence-corrected chi connectivity index (χ0v) is 24.6. The minimum Gasteiger partial charge on any atom is -0.477 e. The van der Waals surface area contributed by atoms with Crippen LogP contribution in [0.3, 0.4) is 0 Å². The molecule has 6 rings (SSSR count). The SMILES string of the molecule is Cc1cc2cc(n1)-c1cnn(C)c1OCCCC(C)CN1/C(=N/C2=O)Nc2ccc(N[SH]3(=O)CCCC3)c(Cl)c21. The van der Waals surface area contributed by atoms with Crippen LogP contribution in [0.25, 0.3) is 11.3 Å². The molecule has 12 heteroatoms. The van der Waals surface area contributed by atoms with Crippen molar-refractivity contribution in [2.45, 2.75) is 39.5 Å². The molecule has 40 heavy (non-hydrogen) atoms. The zero-order chi connectivity index (χ0) is 28.0. The number of aliphatic imine (C=N–C) groups is 1. The molecule has 10 nitrogen and oxygen atoms in total. The van der Waals surface area contributed by atoms with Crippen LogP contribution in [0.5, 0.6) is 5.88 Å². The Balaban J connectivity index is 1.41. The Hall–Kier alpha value is -3.44. The third-order valence-corrected chi connectivity index (χ3v) is 10.8. The van der Waals surface area contributed by atoms with E-state index in [2.05, 4.69) is 32.0 Å². The predicted molar refractivity (Wildman–Crippen MR) is 161 cm³/mol. The predicted octanol–water partition coefficient (Wildman–Crippen LogP) is 4.82. The molecule has 1 amide bonds. The van der Waals surface area contributed by atoms with E-state index in [0.29, 0.717) is 64.2 Å². The molecular weight excluding hydrogens is 550 g/mol. The van der Waals surface area contributed by atoms with E-state index >= 15 is 0 Å². The number of anilines is 3. The van der Waals surface area contributed by atoms with E-state index < -0.39 is 16.0 Å². The highest BCUT2D eigenvalue weighted by Crippen LogP contribution is 2.44. The van der Waals surface area contributed by atoms with Crippen molar-refractivity contribution in [2.24, 2.45) is 18.0 Å². The molecule has 1 aromatic carbocycles. The standard InChI is InChI=1S/C28H34ClN7O3S/c1-17-7-6-10-39-27-20(15-30-35(27)3)23-14-19(13-18(2)31-23)26(37)33-28-32-22-9-8-21(24(29)25(22)36(28)16-17)34-40(38)11-4-5-12-40/h8-9,13-15,17,40H,4-7,10-12,16H2,1-3H3,(H,34,38)(H,32,33,37). The van der Waals surface area contributed by atoms with Gasteiger partial charge in [0.2, 0.25) is 11.8 Å². The second-order valence-corrected chi connectivity index (χ2v) is 14.2. The molecule has 5 heterocycles. The number of rotatable bonds is 2. The molecule has 0 saturated carbocycles. The number of nitrogens with zero attached hydrogens (tertiary/aromatic N) is 5. The van der Waals surface area contributed by atoms with Crippen molar-refractivity contribution in [2.75, 3.05) is 39.6 Å². The van der Waals surface area contributed by atoms with Gasteiger partial charge >= 0.3 is 0 Å². The van der Waals surface area contributed by atoms with Crippen LogP contribution in [0.2, 0.25) is 5.02 Å². The van der Waals surface area contributed by atoms with Gasteiger partial charge in [-0.1, -0.05) is 18.5 Å². The Bertz CT molecular complexity index is 1560. The second-order valence-electron chi connectivity index (χ2n) is 10.9. The Kier molecular flexibility index (Phi) is 7.03. The molecule has 1 fully saturated rings. The highest BCUT2D eigenvalue weighted by Gasteiger charge is 2.32. The summed E-state index contributed by atoms with van der Waals surface area (Å²) in [6.07, 6.45) is 5.34. The Morgan fingerprint density at radius 1 is 1.20 bits per heavy atom. The van der Waals surface area contributed by atoms with Crippen LogP contribution in [0.1, 0.15) is 48.7 Å². The van der Waals surface area contributed by atoms with Crippen LogP contribution in [-0.4, -0.2) is 55.5 Å². The molecule has 1 atom stereocenters. The van der Waals surface area contributed by atoms with Crippen molar-refractivity contribution in [1.29, 1.82) is 0 Å². The molecule has 2 N–H and O–H groups in total. The first-order valence-corrected chi connectivity index (χ1v) is 16.2. The first-order valence-electron chi connectivity index (χ1n) is 13.7. The summed E-state index contributed by atoms with van der Waals surface area (Å²) < 4.78 is 24.4. The highest BCUT2D eigenvalue weighted by atomic mass is 35.5. The lowest BCUT2D eigenvalue weighted by Gasteiger charge is -2.26. The minimum absolute atomic E-state index is 0.235. The number of hydrogen-bond donors (Lipinski definition) is 3. The van der Waals surface area contributed by atoms with Crippen LogP contribution < -0.4 is 19.7 Å². The summed E-state index contributed by atoms with van der Waals surface area (Å²) in [5.41, 5.74) is 4.59. The number of carbonyl (C=O) groups is 1. The van der Waals surface area contributed by atoms with Crippen molar-refractivity contribution < 1.29 is 13.7 Å². The number of aryl methyl sites for hydroxylation is 2. The van der Waals surface area contributed by atoms with E-state index in [1.807, 2.05) is 31.0 Å². The Morgan fingerprint density at radius 2 is 2.00 bits per heavy atom. The summed E-state index contributed by atoms with van der Waals surface area (Å²) in [4.78, 5) is 24.7. The number of halogens is 1. The van der Waals surface area contributed by atoms with Gasteiger partial charge in [-0.15, -0.1) is 0 Å². The number of ether oxygens (including phenoxy) is 1. The summed E-state index contributed by atoms with van der Waals surface area (Å²) in [6, 6.07) is 7.22. The lowest BCUT2D eigenvalue weighted by Crippen LogP contribution is -2.35. The highest BCUT2D eigenvalue weighted by molar-refractivity contribution is 8.04. The van der Waals surface area contributed by atoms with E-state index in [0.717, 1.165) is 42.6 Å². The van der Waals surface area contributed by atoms with Gasteiger partial charge in [0.25, 0.3) is 5.91 Å². The Labute approximate surface area is 239 Å². The molecular formula is C28H34ClN7O3S. The normalized spacial score (nSPS) is 22.4. The van der Waals surface area contributed by atoms with Crippen molar-refractivity contribution >= 4 is 50.6 Å². The minimum atomic E-state index is -2.50. The van der Waals surface area contributed by atoms with Crippen molar-refractivity contribution in [3.8, 4) is 17.1 Å². The van der Waals surface area contributed by atoms with Gasteiger partial charge in [0.05, 0.1) is 46.1 Å². The number of guanidine groups is 1. The monoisotopic (exact) mass is 583 g/mol. The first kappa shape index (κ1) is 26.8.